The van der Waals surface area contributed by atoms with Gasteiger partial charge in [-0.15, -0.1) is 0 Å². The molecule has 0 aliphatic heterocycles. The van der Waals surface area contributed by atoms with Crippen molar-refractivity contribution >= 4 is 21.9 Å². The molecule has 0 aromatic carbocycles. The van der Waals surface area contributed by atoms with E-state index in [9.17, 15) is 4.79 Å². The second kappa shape index (κ2) is 5.90. The normalized spacial score (nSPS) is 10.3. The number of aryl methyl sites for hydroxylation is 1. The van der Waals surface area contributed by atoms with E-state index in [0.29, 0.717) is 10.3 Å². The van der Waals surface area contributed by atoms with Gasteiger partial charge in [0.1, 0.15) is 4.60 Å². The van der Waals surface area contributed by atoms with Crippen LogP contribution in [0.5, 0.6) is 0 Å². The van der Waals surface area contributed by atoms with Crippen LogP contribution in [0.25, 0.3) is 0 Å². The first-order chi connectivity index (χ1) is 7.20. The highest BCUT2D eigenvalue weighted by atomic mass is 79.9. The SMILES string of the molecule is CCCCCn1cnc(C(=O)OC)c1Br. The van der Waals surface area contributed by atoms with Gasteiger partial charge in [0.05, 0.1) is 13.4 Å². The van der Waals surface area contributed by atoms with Crippen LogP contribution in [0.1, 0.15) is 36.7 Å². The Morgan fingerprint density at radius 3 is 2.93 bits per heavy atom. The number of imidazole rings is 1. The van der Waals surface area contributed by atoms with Crippen molar-refractivity contribution in [2.75, 3.05) is 7.11 Å². The van der Waals surface area contributed by atoms with E-state index >= 15 is 0 Å². The number of rotatable bonds is 5. The third kappa shape index (κ3) is 3.06. The molecule has 1 aromatic heterocycles. The van der Waals surface area contributed by atoms with Crippen LogP contribution >= 0.6 is 15.9 Å². The van der Waals surface area contributed by atoms with Gasteiger partial charge in [-0.05, 0) is 22.4 Å². The third-order valence-electron chi connectivity index (χ3n) is 2.16. The predicted octanol–water partition coefficient (Wildman–Crippen LogP) is 2.62. The van der Waals surface area contributed by atoms with E-state index in [1.807, 2.05) is 4.57 Å². The summed E-state index contributed by atoms with van der Waals surface area (Å²) in [6, 6.07) is 0. The molecule has 4 nitrogen and oxygen atoms in total. The Hall–Kier alpha value is -0.840. The molecule has 15 heavy (non-hydrogen) atoms. The Labute approximate surface area is 97.8 Å². The monoisotopic (exact) mass is 274 g/mol. The largest absolute Gasteiger partial charge is 0.464 e. The van der Waals surface area contributed by atoms with Crippen LogP contribution in [0.4, 0.5) is 0 Å². The van der Waals surface area contributed by atoms with Gasteiger partial charge in [-0.1, -0.05) is 19.8 Å². The molecule has 0 amide bonds. The minimum Gasteiger partial charge on any atom is -0.464 e. The highest BCUT2D eigenvalue weighted by molar-refractivity contribution is 9.10. The predicted molar refractivity (Wildman–Crippen MR) is 60.8 cm³/mol. The number of hydrogen-bond donors (Lipinski definition) is 0. The van der Waals surface area contributed by atoms with E-state index in [2.05, 4.69) is 32.6 Å². The summed E-state index contributed by atoms with van der Waals surface area (Å²) in [7, 11) is 1.35. The van der Waals surface area contributed by atoms with E-state index in [-0.39, 0.29) is 0 Å². The Morgan fingerprint density at radius 1 is 1.60 bits per heavy atom. The lowest BCUT2D eigenvalue weighted by atomic mass is 10.2. The van der Waals surface area contributed by atoms with Crippen molar-refractivity contribution in [2.45, 2.75) is 32.7 Å². The van der Waals surface area contributed by atoms with Gasteiger partial charge in [-0.3, -0.25) is 0 Å². The Balaban J connectivity index is 2.67. The Kier molecular flexibility index (Phi) is 4.81. The fourth-order valence-electron chi connectivity index (χ4n) is 1.29. The summed E-state index contributed by atoms with van der Waals surface area (Å²) < 4.78 is 7.23. The summed E-state index contributed by atoms with van der Waals surface area (Å²) in [4.78, 5) is 15.3. The average Bonchev–Trinajstić information content (AvgIpc) is 2.60. The number of nitrogens with zero attached hydrogens (tertiary/aromatic N) is 2. The topological polar surface area (TPSA) is 44.1 Å². The van der Waals surface area contributed by atoms with Gasteiger partial charge >= 0.3 is 5.97 Å². The van der Waals surface area contributed by atoms with Crippen molar-refractivity contribution in [3.8, 4) is 0 Å². The number of unbranched alkanes of at least 4 members (excludes halogenated alkanes) is 2. The maximum absolute atomic E-state index is 11.2. The van der Waals surface area contributed by atoms with Gasteiger partial charge in [-0.25, -0.2) is 9.78 Å². The Bertz CT molecular complexity index is 336. The van der Waals surface area contributed by atoms with Crippen LogP contribution in [0.15, 0.2) is 10.9 Å². The first-order valence-corrected chi connectivity index (χ1v) is 5.79. The van der Waals surface area contributed by atoms with E-state index in [4.69, 9.17) is 0 Å². The maximum atomic E-state index is 11.2. The van der Waals surface area contributed by atoms with Crippen LogP contribution in [-0.4, -0.2) is 22.6 Å². The second-order valence-corrected chi connectivity index (χ2v) is 4.03. The molecule has 0 radical (unpaired) electrons. The summed E-state index contributed by atoms with van der Waals surface area (Å²) in [5.74, 6) is -0.406. The lowest BCUT2D eigenvalue weighted by molar-refractivity contribution is 0.0593. The van der Waals surface area contributed by atoms with Gasteiger partial charge in [-0.2, -0.15) is 0 Å². The lowest BCUT2D eigenvalue weighted by Gasteiger charge is -2.03. The van der Waals surface area contributed by atoms with Crippen molar-refractivity contribution in [2.24, 2.45) is 0 Å². The van der Waals surface area contributed by atoms with Crippen LogP contribution in [0.3, 0.4) is 0 Å². The number of esters is 1. The first kappa shape index (κ1) is 12.2. The number of hydrogen-bond acceptors (Lipinski definition) is 3. The highest BCUT2D eigenvalue weighted by Crippen LogP contribution is 2.17. The van der Waals surface area contributed by atoms with E-state index < -0.39 is 5.97 Å². The molecule has 0 aliphatic carbocycles. The number of aromatic nitrogens is 2. The number of ether oxygens (including phenoxy) is 1. The summed E-state index contributed by atoms with van der Waals surface area (Å²) in [6.07, 6.45) is 5.10. The minimum absolute atomic E-state index is 0.342. The smallest absolute Gasteiger partial charge is 0.359 e. The number of carbonyl (C=O) groups excluding carboxylic acids is 1. The maximum Gasteiger partial charge on any atom is 0.359 e. The van der Waals surface area contributed by atoms with Gasteiger partial charge in [0.2, 0.25) is 0 Å². The minimum atomic E-state index is -0.406. The fourth-order valence-corrected chi connectivity index (χ4v) is 1.82. The van der Waals surface area contributed by atoms with E-state index in [0.717, 1.165) is 13.0 Å². The van der Waals surface area contributed by atoms with Crippen molar-refractivity contribution in [1.29, 1.82) is 0 Å². The molecule has 0 spiro atoms. The molecule has 0 saturated carbocycles. The molecule has 1 aromatic rings. The highest BCUT2D eigenvalue weighted by Gasteiger charge is 2.15. The molecule has 0 aliphatic rings. The van der Waals surface area contributed by atoms with Crippen LogP contribution in [-0.2, 0) is 11.3 Å². The van der Waals surface area contributed by atoms with Crippen molar-refractivity contribution in [3.05, 3.63) is 16.6 Å². The van der Waals surface area contributed by atoms with Gasteiger partial charge < -0.3 is 9.30 Å². The van der Waals surface area contributed by atoms with Gasteiger partial charge in [0.25, 0.3) is 0 Å². The van der Waals surface area contributed by atoms with Crippen LogP contribution in [0.2, 0.25) is 0 Å². The molecular weight excluding hydrogens is 260 g/mol. The molecule has 0 unspecified atom stereocenters. The van der Waals surface area contributed by atoms with E-state index in [1.165, 1.54) is 20.0 Å². The zero-order valence-electron chi connectivity index (χ0n) is 8.99. The number of methoxy groups -OCH3 is 1. The van der Waals surface area contributed by atoms with Gasteiger partial charge in [0.15, 0.2) is 5.69 Å². The summed E-state index contributed by atoms with van der Waals surface area (Å²) in [6.45, 7) is 3.03. The standard InChI is InChI=1S/C10H15BrN2O2/c1-3-4-5-6-13-7-12-8(9(13)11)10(14)15-2/h7H,3-6H2,1-2H3. The fraction of sp³-hybridized carbons (Fsp3) is 0.600. The van der Waals surface area contributed by atoms with Crippen molar-refractivity contribution in [1.82, 2.24) is 9.55 Å². The number of carbonyl (C=O) groups is 1. The quantitative estimate of drug-likeness (QED) is 0.613. The Morgan fingerprint density at radius 2 is 2.33 bits per heavy atom. The summed E-state index contributed by atoms with van der Waals surface area (Å²) in [5.41, 5.74) is 0.342. The molecule has 0 fully saturated rings. The second-order valence-electron chi connectivity index (χ2n) is 3.28. The third-order valence-corrected chi connectivity index (χ3v) is 2.99. The molecule has 0 N–H and O–H groups in total. The molecular formula is C10H15BrN2O2. The summed E-state index contributed by atoms with van der Waals surface area (Å²) >= 11 is 3.34. The molecule has 0 bridgehead atoms. The number of halogens is 1. The zero-order chi connectivity index (χ0) is 11.3. The first-order valence-electron chi connectivity index (χ1n) is 4.99. The summed E-state index contributed by atoms with van der Waals surface area (Å²) in [5, 5.41) is 0. The van der Waals surface area contributed by atoms with E-state index in [1.54, 1.807) is 6.33 Å². The zero-order valence-corrected chi connectivity index (χ0v) is 10.6. The molecule has 0 saturated heterocycles. The van der Waals surface area contributed by atoms with Crippen molar-refractivity contribution in [3.63, 3.8) is 0 Å². The van der Waals surface area contributed by atoms with Crippen LogP contribution < -0.4 is 0 Å². The molecule has 1 heterocycles. The van der Waals surface area contributed by atoms with Crippen molar-refractivity contribution < 1.29 is 9.53 Å². The molecule has 1 rings (SSSR count). The average molecular weight is 275 g/mol. The molecule has 5 heteroatoms. The lowest BCUT2D eigenvalue weighted by Crippen LogP contribution is -2.03. The molecule has 0 atom stereocenters. The molecule has 84 valence electrons. The van der Waals surface area contributed by atoms with Gasteiger partial charge in [0, 0.05) is 6.54 Å². The van der Waals surface area contributed by atoms with Crippen LogP contribution in [0, 0.1) is 0 Å².